The van der Waals surface area contributed by atoms with Gasteiger partial charge in [0.1, 0.15) is 0 Å². The summed E-state index contributed by atoms with van der Waals surface area (Å²) in [5.74, 6) is -0.363. The minimum atomic E-state index is -4.38. The number of nitrogens with one attached hydrogen (secondary N) is 2. The van der Waals surface area contributed by atoms with Crippen molar-refractivity contribution in [2.24, 2.45) is 0 Å². The zero-order valence-corrected chi connectivity index (χ0v) is 16.6. The van der Waals surface area contributed by atoms with E-state index in [2.05, 4.69) is 16.9 Å². The van der Waals surface area contributed by atoms with Gasteiger partial charge in [-0.1, -0.05) is 18.2 Å². The fraction of sp³-hybridized carbons (Fsp3) is 0.190. The molecule has 0 unspecified atom stereocenters. The van der Waals surface area contributed by atoms with Crippen molar-refractivity contribution in [3.8, 4) is 0 Å². The van der Waals surface area contributed by atoms with Gasteiger partial charge in [0.15, 0.2) is 4.77 Å². The van der Waals surface area contributed by atoms with Crippen LogP contribution in [0.3, 0.4) is 0 Å². The Kier molecular flexibility index (Phi) is 6.21. The van der Waals surface area contributed by atoms with Gasteiger partial charge in [0.2, 0.25) is 0 Å². The molecule has 1 heterocycles. The molecule has 1 aromatic heterocycles. The van der Waals surface area contributed by atoms with E-state index in [9.17, 15) is 22.8 Å². The highest BCUT2D eigenvalue weighted by molar-refractivity contribution is 7.71. The summed E-state index contributed by atoms with van der Waals surface area (Å²) < 4.78 is 39.4. The highest BCUT2D eigenvalue weighted by atomic mass is 32.1. The second-order valence-corrected chi connectivity index (χ2v) is 6.98. The minimum Gasteiger partial charge on any atom is -0.352 e. The number of alkyl halides is 3. The van der Waals surface area contributed by atoms with E-state index in [1.807, 2.05) is 0 Å². The number of allylic oxidation sites excluding steroid dienone is 1. The molecule has 3 rings (SSSR count). The number of nitrogens with zero attached hydrogens (tertiary/aromatic N) is 1. The van der Waals surface area contributed by atoms with Gasteiger partial charge in [-0.05, 0) is 54.5 Å². The summed E-state index contributed by atoms with van der Waals surface area (Å²) >= 11 is 5.19. The Bertz CT molecular complexity index is 1210. The van der Waals surface area contributed by atoms with Crippen LogP contribution in [0.1, 0.15) is 21.5 Å². The van der Waals surface area contributed by atoms with Crippen LogP contribution in [0, 0.1) is 4.77 Å². The van der Waals surface area contributed by atoms with Gasteiger partial charge in [-0.2, -0.15) is 13.2 Å². The summed E-state index contributed by atoms with van der Waals surface area (Å²) in [4.78, 5) is 27.8. The molecule has 2 aromatic carbocycles. The first-order chi connectivity index (χ1) is 14.2. The molecule has 3 aromatic rings. The summed E-state index contributed by atoms with van der Waals surface area (Å²) in [6.45, 7) is 4.12. The number of H-pyrrole nitrogens is 1. The van der Waals surface area contributed by atoms with E-state index in [4.69, 9.17) is 12.2 Å². The quantitative estimate of drug-likeness (QED) is 0.452. The van der Waals surface area contributed by atoms with Crippen LogP contribution in [-0.2, 0) is 19.1 Å². The van der Waals surface area contributed by atoms with Gasteiger partial charge < -0.3 is 10.3 Å². The number of carbonyl (C=O) groups is 1. The lowest BCUT2D eigenvalue weighted by Gasteiger charge is -2.09. The second kappa shape index (κ2) is 8.66. The molecule has 30 heavy (non-hydrogen) atoms. The molecule has 0 fully saturated rings. The Balaban J connectivity index is 1.69. The highest BCUT2D eigenvalue weighted by Crippen LogP contribution is 2.29. The predicted octanol–water partition coefficient (Wildman–Crippen LogP) is 4.24. The molecule has 2 N–H and O–H groups in total. The number of aromatic amines is 1. The van der Waals surface area contributed by atoms with E-state index in [0.717, 1.165) is 12.1 Å². The lowest BCUT2D eigenvalue weighted by atomic mass is 10.1. The Labute approximate surface area is 174 Å². The third-order valence-corrected chi connectivity index (χ3v) is 4.86. The minimum absolute atomic E-state index is 0.229. The number of aromatic nitrogens is 2. The van der Waals surface area contributed by atoms with E-state index < -0.39 is 11.7 Å². The first-order valence-electron chi connectivity index (χ1n) is 9.03. The van der Waals surface area contributed by atoms with Gasteiger partial charge in [0.25, 0.3) is 11.5 Å². The molecule has 0 atom stereocenters. The van der Waals surface area contributed by atoms with Gasteiger partial charge >= 0.3 is 6.18 Å². The van der Waals surface area contributed by atoms with E-state index in [1.54, 1.807) is 12.1 Å². The van der Waals surface area contributed by atoms with Crippen LogP contribution in [0.2, 0.25) is 0 Å². The van der Waals surface area contributed by atoms with Crippen LogP contribution < -0.4 is 10.9 Å². The Morgan fingerprint density at radius 3 is 2.53 bits per heavy atom. The lowest BCUT2D eigenvalue weighted by Crippen LogP contribution is -2.26. The fourth-order valence-electron chi connectivity index (χ4n) is 2.97. The van der Waals surface area contributed by atoms with Gasteiger partial charge in [-0.3, -0.25) is 14.2 Å². The van der Waals surface area contributed by atoms with Crippen LogP contribution in [-0.4, -0.2) is 22.0 Å². The number of rotatable bonds is 6. The molecule has 0 aliphatic carbocycles. The van der Waals surface area contributed by atoms with Gasteiger partial charge in [-0.15, -0.1) is 6.58 Å². The van der Waals surface area contributed by atoms with Crippen LogP contribution in [0.15, 0.2) is 59.9 Å². The molecule has 0 spiro atoms. The third kappa shape index (κ3) is 4.68. The van der Waals surface area contributed by atoms with Crippen LogP contribution in [0.25, 0.3) is 10.9 Å². The molecule has 0 aliphatic heterocycles. The molecule has 0 aliphatic rings. The van der Waals surface area contributed by atoms with Gasteiger partial charge in [0, 0.05) is 18.7 Å². The maximum absolute atomic E-state index is 12.6. The molecule has 0 saturated carbocycles. The Morgan fingerprint density at radius 1 is 1.20 bits per heavy atom. The summed E-state index contributed by atoms with van der Waals surface area (Å²) in [5, 5.41) is 3.12. The summed E-state index contributed by atoms with van der Waals surface area (Å²) in [6, 6.07) is 9.43. The Hall–Kier alpha value is -3.20. The van der Waals surface area contributed by atoms with Crippen molar-refractivity contribution in [3.63, 3.8) is 0 Å². The number of fused-ring (bicyclic) bond motifs is 1. The number of hydrogen-bond acceptors (Lipinski definition) is 3. The molecule has 0 saturated heterocycles. The standard InChI is InChI=1S/C21H18F3N3O2S/c1-2-11-27-19(29)16-8-5-14(12-17(16)26-20(27)30)18(28)25-10-9-13-3-6-15(7-4-13)21(22,23)24/h2-8,12H,1,9-11H2,(H,25,28)(H,26,30). The van der Waals surface area contributed by atoms with Crippen molar-refractivity contribution in [3.05, 3.63) is 86.9 Å². The van der Waals surface area contributed by atoms with Crippen molar-refractivity contribution < 1.29 is 18.0 Å². The zero-order valence-electron chi connectivity index (χ0n) is 15.8. The maximum atomic E-state index is 12.6. The number of amides is 1. The summed E-state index contributed by atoms with van der Waals surface area (Å²) in [5.41, 5.74) is 0.467. The highest BCUT2D eigenvalue weighted by Gasteiger charge is 2.29. The molecule has 156 valence electrons. The lowest BCUT2D eigenvalue weighted by molar-refractivity contribution is -0.137. The number of hydrogen-bond donors (Lipinski definition) is 2. The van der Waals surface area contributed by atoms with Crippen molar-refractivity contribution in [2.45, 2.75) is 19.1 Å². The SMILES string of the molecule is C=CCn1c(=S)[nH]c2cc(C(=O)NCCc3ccc(C(F)(F)F)cc3)ccc2c1=O. The molecule has 1 amide bonds. The molecule has 0 bridgehead atoms. The molecular weight excluding hydrogens is 415 g/mol. The second-order valence-electron chi connectivity index (χ2n) is 6.60. The maximum Gasteiger partial charge on any atom is 0.416 e. The molecular formula is C21H18F3N3O2S. The van der Waals surface area contributed by atoms with Crippen LogP contribution >= 0.6 is 12.2 Å². The van der Waals surface area contributed by atoms with E-state index >= 15 is 0 Å². The van der Waals surface area contributed by atoms with Gasteiger partial charge in [0.05, 0.1) is 16.5 Å². The van der Waals surface area contributed by atoms with Crippen LogP contribution in [0.4, 0.5) is 13.2 Å². The first-order valence-corrected chi connectivity index (χ1v) is 9.43. The largest absolute Gasteiger partial charge is 0.416 e. The van der Waals surface area contributed by atoms with Gasteiger partial charge in [-0.25, -0.2) is 0 Å². The van der Waals surface area contributed by atoms with Crippen molar-refractivity contribution in [1.29, 1.82) is 0 Å². The number of carbonyl (C=O) groups excluding carboxylic acids is 1. The van der Waals surface area contributed by atoms with E-state index in [0.29, 0.717) is 28.5 Å². The number of benzene rings is 2. The van der Waals surface area contributed by atoms with E-state index in [1.165, 1.54) is 28.8 Å². The average molecular weight is 433 g/mol. The number of halogens is 3. The first kappa shape index (κ1) is 21.5. The molecule has 0 radical (unpaired) electrons. The van der Waals surface area contributed by atoms with Crippen molar-refractivity contribution >= 4 is 29.0 Å². The summed E-state index contributed by atoms with van der Waals surface area (Å²) in [7, 11) is 0. The van der Waals surface area contributed by atoms with Crippen LogP contribution in [0.5, 0.6) is 0 Å². The fourth-order valence-corrected chi connectivity index (χ4v) is 3.24. The monoisotopic (exact) mass is 433 g/mol. The van der Waals surface area contributed by atoms with Crippen molar-refractivity contribution in [2.75, 3.05) is 6.54 Å². The third-order valence-electron chi connectivity index (χ3n) is 4.54. The Morgan fingerprint density at radius 2 is 1.90 bits per heavy atom. The normalized spacial score (nSPS) is 11.4. The van der Waals surface area contributed by atoms with E-state index in [-0.39, 0.29) is 29.3 Å². The smallest absolute Gasteiger partial charge is 0.352 e. The zero-order chi connectivity index (χ0) is 21.9. The summed E-state index contributed by atoms with van der Waals surface area (Å²) in [6.07, 6.45) is -2.43. The predicted molar refractivity (Wildman–Crippen MR) is 111 cm³/mol. The average Bonchev–Trinajstić information content (AvgIpc) is 2.70. The van der Waals surface area contributed by atoms with Crippen molar-refractivity contribution in [1.82, 2.24) is 14.9 Å². The topological polar surface area (TPSA) is 66.9 Å². The molecule has 5 nitrogen and oxygen atoms in total. The molecule has 9 heteroatoms.